The van der Waals surface area contributed by atoms with Gasteiger partial charge >= 0.3 is 0 Å². The van der Waals surface area contributed by atoms with Gasteiger partial charge in [0.15, 0.2) is 0 Å². The number of sulfonamides is 1. The minimum Gasteiger partial charge on any atom is -0.341 e. The molecule has 0 bridgehead atoms. The van der Waals surface area contributed by atoms with Gasteiger partial charge in [0.1, 0.15) is 5.03 Å². The summed E-state index contributed by atoms with van der Waals surface area (Å²) in [5, 5.41) is 0.285. The average molecular weight is 216 g/mol. The van der Waals surface area contributed by atoms with Crippen molar-refractivity contribution in [3.63, 3.8) is 0 Å². The van der Waals surface area contributed by atoms with Crippen molar-refractivity contribution in [2.45, 2.75) is 31.3 Å². The Morgan fingerprint density at radius 1 is 1.36 bits per heavy atom. The van der Waals surface area contributed by atoms with E-state index in [9.17, 15) is 8.42 Å². The highest BCUT2D eigenvalue weighted by Crippen LogP contribution is 2.12. The molecular weight excluding hydrogens is 200 g/mol. The Morgan fingerprint density at radius 3 is 2.29 bits per heavy atom. The monoisotopic (exact) mass is 216 g/mol. The van der Waals surface area contributed by atoms with Crippen LogP contribution in [0.2, 0.25) is 0 Å². The lowest BCUT2D eigenvalue weighted by atomic mass is 10.1. The maximum atomic E-state index is 11.8. The molecule has 0 aliphatic carbocycles. The molecule has 1 heterocycles. The number of aromatic nitrogens is 1. The average Bonchev–Trinajstić information content (AvgIpc) is 2.29. The summed E-state index contributed by atoms with van der Waals surface area (Å²) < 4.78 is 27.8. The fourth-order valence-electron chi connectivity index (χ4n) is 1.18. The molecule has 0 spiro atoms. The Bertz CT molecular complexity index is 412. The maximum absolute atomic E-state index is 11.8. The summed E-state index contributed by atoms with van der Waals surface area (Å²) in [4.78, 5) is 0. The summed E-state index contributed by atoms with van der Waals surface area (Å²) >= 11 is 0. The molecule has 14 heavy (non-hydrogen) atoms. The van der Waals surface area contributed by atoms with Gasteiger partial charge in [-0.15, -0.1) is 0 Å². The molecule has 0 aromatic carbocycles. The molecule has 1 rings (SSSR count). The SMILES string of the molecule is Cn1cccc1S(=O)(=O)NC(C)(C)C. The Balaban J connectivity index is 3.05. The van der Waals surface area contributed by atoms with Crippen LogP contribution >= 0.6 is 0 Å². The van der Waals surface area contributed by atoms with Crippen LogP contribution in [0.4, 0.5) is 0 Å². The Morgan fingerprint density at radius 2 is 1.93 bits per heavy atom. The van der Waals surface area contributed by atoms with E-state index in [2.05, 4.69) is 4.72 Å². The smallest absolute Gasteiger partial charge is 0.256 e. The lowest BCUT2D eigenvalue weighted by Gasteiger charge is -2.20. The van der Waals surface area contributed by atoms with Crippen molar-refractivity contribution in [1.29, 1.82) is 0 Å². The zero-order chi connectivity index (χ0) is 11.0. The molecule has 0 aliphatic rings. The second-order valence-corrected chi connectivity index (χ2v) is 5.94. The van der Waals surface area contributed by atoms with Gasteiger partial charge in [0.2, 0.25) is 0 Å². The first kappa shape index (κ1) is 11.3. The second-order valence-electron chi connectivity index (χ2n) is 4.31. The van der Waals surface area contributed by atoms with Gasteiger partial charge in [0, 0.05) is 18.8 Å². The van der Waals surface area contributed by atoms with E-state index in [1.807, 2.05) is 20.8 Å². The van der Waals surface area contributed by atoms with Gasteiger partial charge in [-0.05, 0) is 32.9 Å². The molecule has 1 N–H and O–H groups in total. The summed E-state index contributed by atoms with van der Waals surface area (Å²) in [6.07, 6.45) is 1.71. The van der Waals surface area contributed by atoms with Gasteiger partial charge in [-0.25, -0.2) is 13.1 Å². The third-order valence-electron chi connectivity index (χ3n) is 1.61. The highest BCUT2D eigenvalue weighted by atomic mass is 32.2. The number of aryl methyl sites for hydroxylation is 1. The molecule has 1 aromatic rings. The van der Waals surface area contributed by atoms with Gasteiger partial charge in [0.25, 0.3) is 10.0 Å². The van der Waals surface area contributed by atoms with E-state index in [0.29, 0.717) is 0 Å². The van der Waals surface area contributed by atoms with Crippen LogP contribution in [0.1, 0.15) is 20.8 Å². The largest absolute Gasteiger partial charge is 0.341 e. The van der Waals surface area contributed by atoms with Crippen molar-refractivity contribution in [1.82, 2.24) is 9.29 Å². The van der Waals surface area contributed by atoms with Crippen molar-refractivity contribution < 1.29 is 8.42 Å². The van der Waals surface area contributed by atoms with Crippen molar-refractivity contribution in [3.05, 3.63) is 18.3 Å². The van der Waals surface area contributed by atoms with Crippen LogP contribution in [-0.4, -0.2) is 18.5 Å². The first-order valence-electron chi connectivity index (χ1n) is 4.38. The fraction of sp³-hybridized carbons (Fsp3) is 0.556. The standard InChI is InChI=1S/C9H16N2O2S/c1-9(2,3)10-14(12,13)8-6-5-7-11(8)4/h5-7,10H,1-4H3. The molecule has 0 saturated heterocycles. The quantitative estimate of drug-likeness (QED) is 0.805. The summed E-state index contributed by atoms with van der Waals surface area (Å²) in [7, 11) is -1.69. The lowest BCUT2D eigenvalue weighted by Crippen LogP contribution is -2.41. The lowest BCUT2D eigenvalue weighted by molar-refractivity contribution is 0.487. The molecule has 0 saturated carbocycles. The number of hydrogen-bond acceptors (Lipinski definition) is 2. The molecule has 0 radical (unpaired) electrons. The molecule has 4 nitrogen and oxygen atoms in total. The van der Waals surface area contributed by atoms with Crippen LogP contribution < -0.4 is 4.72 Å². The Hall–Kier alpha value is -0.810. The van der Waals surface area contributed by atoms with E-state index in [1.165, 1.54) is 0 Å². The van der Waals surface area contributed by atoms with Crippen molar-refractivity contribution >= 4 is 10.0 Å². The highest BCUT2D eigenvalue weighted by molar-refractivity contribution is 7.89. The minimum atomic E-state index is -3.39. The molecule has 80 valence electrons. The first-order valence-corrected chi connectivity index (χ1v) is 5.86. The molecular formula is C9H16N2O2S. The van der Waals surface area contributed by atoms with Crippen molar-refractivity contribution in [2.75, 3.05) is 0 Å². The highest BCUT2D eigenvalue weighted by Gasteiger charge is 2.23. The third kappa shape index (κ3) is 2.59. The van der Waals surface area contributed by atoms with Crippen LogP contribution in [0.5, 0.6) is 0 Å². The van der Waals surface area contributed by atoms with Gasteiger partial charge in [-0.3, -0.25) is 0 Å². The number of hydrogen-bond donors (Lipinski definition) is 1. The molecule has 0 aliphatic heterocycles. The predicted molar refractivity (Wildman–Crippen MR) is 55.5 cm³/mol. The van der Waals surface area contributed by atoms with Crippen molar-refractivity contribution in [2.24, 2.45) is 7.05 Å². The normalized spacial score (nSPS) is 13.1. The van der Waals surface area contributed by atoms with E-state index >= 15 is 0 Å². The third-order valence-corrected chi connectivity index (χ3v) is 3.47. The van der Waals surface area contributed by atoms with E-state index in [-0.39, 0.29) is 5.03 Å². The number of nitrogens with zero attached hydrogens (tertiary/aromatic N) is 1. The van der Waals surface area contributed by atoms with Crippen LogP contribution in [0.25, 0.3) is 0 Å². The molecule has 0 atom stereocenters. The zero-order valence-electron chi connectivity index (χ0n) is 8.90. The summed E-state index contributed by atoms with van der Waals surface area (Å²) in [5.74, 6) is 0. The topological polar surface area (TPSA) is 51.1 Å². The summed E-state index contributed by atoms with van der Waals surface area (Å²) in [6, 6.07) is 3.28. The van der Waals surface area contributed by atoms with E-state index < -0.39 is 15.6 Å². The van der Waals surface area contributed by atoms with Gasteiger partial charge in [0.05, 0.1) is 0 Å². The molecule has 0 unspecified atom stereocenters. The number of nitrogens with one attached hydrogen (secondary N) is 1. The van der Waals surface area contributed by atoms with Crippen LogP contribution in [0, 0.1) is 0 Å². The molecule has 1 aromatic heterocycles. The van der Waals surface area contributed by atoms with E-state index in [0.717, 1.165) is 0 Å². The second kappa shape index (κ2) is 3.40. The predicted octanol–water partition coefficient (Wildman–Crippen LogP) is 1.10. The van der Waals surface area contributed by atoms with Crippen LogP contribution in [0.15, 0.2) is 23.4 Å². The number of rotatable bonds is 2. The van der Waals surface area contributed by atoms with Gasteiger partial charge in [-0.2, -0.15) is 0 Å². The van der Waals surface area contributed by atoms with E-state index in [4.69, 9.17) is 0 Å². The van der Waals surface area contributed by atoms with Gasteiger partial charge < -0.3 is 4.57 Å². The zero-order valence-corrected chi connectivity index (χ0v) is 9.72. The molecule has 5 heteroatoms. The van der Waals surface area contributed by atoms with Crippen molar-refractivity contribution in [3.8, 4) is 0 Å². The molecule has 0 fully saturated rings. The van der Waals surface area contributed by atoms with E-state index in [1.54, 1.807) is 29.9 Å². The molecule has 0 amide bonds. The maximum Gasteiger partial charge on any atom is 0.256 e. The fourth-order valence-corrected chi connectivity index (χ4v) is 2.79. The summed E-state index contributed by atoms with van der Waals surface area (Å²) in [6.45, 7) is 5.44. The Labute approximate surface area is 85.0 Å². The van der Waals surface area contributed by atoms with Gasteiger partial charge in [-0.1, -0.05) is 0 Å². The summed E-state index contributed by atoms with van der Waals surface area (Å²) in [5.41, 5.74) is -0.455. The minimum absolute atomic E-state index is 0.285. The van der Waals surface area contributed by atoms with Crippen LogP contribution in [0.3, 0.4) is 0 Å². The van der Waals surface area contributed by atoms with Crippen LogP contribution in [-0.2, 0) is 17.1 Å². The Kier molecular flexibility index (Phi) is 2.74. The first-order chi connectivity index (χ1) is 6.22.